The van der Waals surface area contributed by atoms with E-state index in [4.69, 9.17) is 23.2 Å². The first kappa shape index (κ1) is 20.8. The van der Waals surface area contributed by atoms with E-state index in [2.05, 4.69) is 15.1 Å². The van der Waals surface area contributed by atoms with E-state index in [9.17, 15) is 9.59 Å². The SMILES string of the molecule is CC(=O)c1ccc(NC(=O)CN2CCN(Cc3ccc(Cl)cc3Cl)CC2)cc1. The van der Waals surface area contributed by atoms with Gasteiger partial charge in [0.25, 0.3) is 0 Å². The quantitative estimate of drug-likeness (QED) is 0.720. The van der Waals surface area contributed by atoms with Gasteiger partial charge in [-0.05, 0) is 48.9 Å². The molecule has 1 amide bonds. The van der Waals surface area contributed by atoms with Crippen LogP contribution in [0.4, 0.5) is 5.69 Å². The van der Waals surface area contributed by atoms with Crippen molar-refractivity contribution in [2.24, 2.45) is 0 Å². The van der Waals surface area contributed by atoms with Crippen LogP contribution in [0.5, 0.6) is 0 Å². The van der Waals surface area contributed by atoms with Crippen molar-refractivity contribution in [1.82, 2.24) is 9.80 Å². The lowest BCUT2D eigenvalue weighted by molar-refractivity contribution is -0.117. The van der Waals surface area contributed by atoms with Gasteiger partial charge in [0.05, 0.1) is 6.54 Å². The predicted octanol–water partition coefficient (Wildman–Crippen LogP) is 3.95. The molecular weight excluding hydrogens is 397 g/mol. The summed E-state index contributed by atoms with van der Waals surface area (Å²) in [5.41, 5.74) is 2.40. The Labute approximate surface area is 175 Å². The standard InChI is InChI=1S/C21H23Cl2N3O2/c1-15(27)16-3-6-19(7-4-16)24-21(28)14-26-10-8-25(9-11-26)13-17-2-5-18(22)12-20(17)23/h2-7,12H,8-11,13-14H2,1H3,(H,24,28). The number of ketones is 1. The fourth-order valence-corrected chi connectivity index (χ4v) is 3.66. The Bertz CT molecular complexity index is 847. The van der Waals surface area contributed by atoms with Crippen LogP contribution in [-0.4, -0.2) is 54.2 Å². The monoisotopic (exact) mass is 419 g/mol. The molecule has 0 saturated carbocycles. The highest BCUT2D eigenvalue weighted by Crippen LogP contribution is 2.22. The molecule has 1 aliphatic rings. The van der Waals surface area contributed by atoms with Gasteiger partial charge >= 0.3 is 0 Å². The van der Waals surface area contributed by atoms with Gasteiger partial charge in [-0.15, -0.1) is 0 Å². The van der Waals surface area contributed by atoms with Gasteiger partial charge in [-0.3, -0.25) is 19.4 Å². The average Bonchev–Trinajstić information content (AvgIpc) is 2.66. The second-order valence-electron chi connectivity index (χ2n) is 6.97. The molecule has 5 nitrogen and oxygen atoms in total. The van der Waals surface area contributed by atoms with Crippen LogP contribution < -0.4 is 5.32 Å². The summed E-state index contributed by atoms with van der Waals surface area (Å²) in [4.78, 5) is 28.1. The van der Waals surface area contributed by atoms with E-state index in [0.29, 0.717) is 27.8 Å². The highest BCUT2D eigenvalue weighted by atomic mass is 35.5. The first-order valence-electron chi connectivity index (χ1n) is 9.20. The molecule has 1 aliphatic heterocycles. The van der Waals surface area contributed by atoms with E-state index < -0.39 is 0 Å². The molecule has 0 atom stereocenters. The molecule has 0 radical (unpaired) electrons. The number of hydrogen-bond donors (Lipinski definition) is 1. The third-order valence-corrected chi connectivity index (χ3v) is 5.40. The maximum atomic E-state index is 12.3. The molecule has 0 aromatic heterocycles. The normalized spacial score (nSPS) is 15.4. The van der Waals surface area contributed by atoms with E-state index >= 15 is 0 Å². The molecule has 1 fully saturated rings. The van der Waals surface area contributed by atoms with Crippen molar-refractivity contribution in [2.45, 2.75) is 13.5 Å². The summed E-state index contributed by atoms with van der Waals surface area (Å²) in [6, 6.07) is 12.5. The summed E-state index contributed by atoms with van der Waals surface area (Å²) < 4.78 is 0. The second kappa shape index (κ2) is 9.52. The zero-order valence-electron chi connectivity index (χ0n) is 15.8. The Balaban J connectivity index is 1.44. The van der Waals surface area contributed by atoms with Crippen LogP contribution in [0.2, 0.25) is 10.0 Å². The van der Waals surface area contributed by atoms with Gasteiger partial charge in [0.15, 0.2) is 5.78 Å². The summed E-state index contributed by atoms with van der Waals surface area (Å²) in [6.07, 6.45) is 0. The molecule has 148 valence electrons. The Morgan fingerprint density at radius 2 is 1.61 bits per heavy atom. The summed E-state index contributed by atoms with van der Waals surface area (Å²) >= 11 is 12.2. The number of anilines is 1. The van der Waals surface area contributed by atoms with Gasteiger partial charge in [-0.1, -0.05) is 29.3 Å². The minimum atomic E-state index is -0.0511. The van der Waals surface area contributed by atoms with Crippen LogP contribution in [0.25, 0.3) is 0 Å². The van der Waals surface area contributed by atoms with Gasteiger partial charge in [0.1, 0.15) is 0 Å². The van der Waals surface area contributed by atoms with Crippen molar-refractivity contribution >= 4 is 40.6 Å². The van der Waals surface area contributed by atoms with Gasteiger partial charge in [-0.2, -0.15) is 0 Å². The van der Waals surface area contributed by atoms with Crippen LogP contribution in [0.3, 0.4) is 0 Å². The first-order chi connectivity index (χ1) is 13.4. The third kappa shape index (κ3) is 5.79. The minimum absolute atomic E-state index is 0.00985. The maximum Gasteiger partial charge on any atom is 0.238 e. The average molecular weight is 420 g/mol. The summed E-state index contributed by atoms with van der Waals surface area (Å²) in [6.45, 7) is 6.04. The number of nitrogens with one attached hydrogen (secondary N) is 1. The summed E-state index contributed by atoms with van der Waals surface area (Å²) in [5.74, 6) is -0.0413. The first-order valence-corrected chi connectivity index (χ1v) is 9.96. The number of amides is 1. The third-order valence-electron chi connectivity index (χ3n) is 4.82. The van der Waals surface area contributed by atoms with E-state index in [1.807, 2.05) is 12.1 Å². The van der Waals surface area contributed by atoms with Gasteiger partial charge in [0.2, 0.25) is 5.91 Å². The van der Waals surface area contributed by atoms with Crippen LogP contribution in [0, 0.1) is 0 Å². The van der Waals surface area contributed by atoms with E-state index in [1.165, 1.54) is 6.92 Å². The zero-order valence-corrected chi connectivity index (χ0v) is 17.3. The molecule has 7 heteroatoms. The number of carbonyl (C=O) groups excluding carboxylic acids is 2. The van der Waals surface area contributed by atoms with Gasteiger partial charge < -0.3 is 5.32 Å². The number of nitrogens with zero attached hydrogens (tertiary/aromatic N) is 2. The van der Waals surface area contributed by atoms with Crippen LogP contribution in [0.1, 0.15) is 22.8 Å². The minimum Gasteiger partial charge on any atom is -0.325 e. The topological polar surface area (TPSA) is 52.7 Å². The largest absolute Gasteiger partial charge is 0.325 e. The van der Waals surface area contributed by atoms with E-state index in [-0.39, 0.29) is 11.7 Å². The highest BCUT2D eigenvalue weighted by Gasteiger charge is 2.19. The number of piperazine rings is 1. The van der Waals surface area contributed by atoms with Crippen LogP contribution in [-0.2, 0) is 11.3 Å². The predicted molar refractivity (Wildman–Crippen MR) is 113 cm³/mol. The molecule has 0 unspecified atom stereocenters. The molecular formula is C21H23Cl2N3O2. The van der Waals surface area contributed by atoms with Crippen molar-refractivity contribution in [3.8, 4) is 0 Å². The summed E-state index contributed by atoms with van der Waals surface area (Å²) in [7, 11) is 0. The molecule has 3 rings (SSSR count). The number of hydrogen-bond acceptors (Lipinski definition) is 4. The molecule has 0 spiro atoms. The maximum absolute atomic E-state index is 12.3. The van der Waals surface area contributed by atoms with E-state index in [1.54, 1.807) is 30.3 Å². The Morgan fingerprint density at radius 1 is 0.964 bits per heavy atom. The Morgan fingerprint density at radius 3 is 2.21 bits per heavy atom. The fraction of sp³-hybridized carbons (Fsp3) is 0.333. The number of benzene rings is 2. The van der Waals surface area contributed by atoms with Crippen molar-refractivity contribution in [2.75, 3.05) is 38.0 Å². The number of carbonyl (C=O) groups is 2. The lowest BCUT2D eigenvalue weighted by Gasteiger charge is -2.34. The lowest BCUT2D eigenvalue weighted by atomic mass is 10.1. The van der Waals surface area contributed by atoms with Gasteiger partial charge in [0, 0.05) is 54.0 Å². The number of halogens is 2. The molecule has 0 bridgehead atoms. The lowest BCUT2D eigenvalue weighted by Crippen LogP contribution is -2.48. The smallest absolute Gasteiger partial charge is 0.238 e. The van der Waals surface area contributed by atoms with Crippen LogP contribution in [0.15, 0.2) is 42.5 Å². The van der Waals surface area contributed by atoms with Crippen LogP contribution >= 0.6 is 23.2 Å². The molecule has 28 heavy (non-hydrogen) atoms. The molecule has 0 aliphatic carbocycles. The van der Waals surface area contributed by atoms with Gasteiger partial charge in [-0.25, -0.2) is 0 Å². The zero-order chi connectivity index (χ0) is 20.1. The molecule has 1 saturated heterocycles. The fourth-order valence-electron chi connectivity index (χ4n) is 3.19. The number of rotatable bonds is 6. The molecule has 1 heterocycles. The molecule has 2 aromatic carbocycles. The van der Waals surface area contributed by atoms with Crippen molar-refractivity contribution in [3.63, 3.8) is 0 Å². The number of Topliss-reactive ketones (excluding diaryl/α,β-unsaturated/α-hetero) is 1. The summed E-state index contributed by atoms with van der Waals surface area (Å²) in [5, 5.41) is 4.21. The Kier molecular flexibility index (Phi) is 7.08. The molecule has 2 aromatic rings. The van der Waals surface area contributed by atoms with Crippen molar-refractivity contribution < 1.29 is 9.59 Å². The van der Waals surface area contributed by atoms with Crippen molar-refractivity contribution in [3.05, 3.63) is 63.6 Å². The van der Waals surface area contributed by atoms with Crippen molar-refractivity contribution in [1.29, 1.82) is 0 Å². The molecule has 1 N–H and O–H groups in total. The highest BCUT2D eigenvalue weighted by molar-refractivity contribution is 6.35. The second-order valence-corrected chi connectivity index (χ2v) is 7.81. The Hall–Kier alpha value is -1.92. The van der Waals surface area contributed by atoms with E-state index in [0.717, 1.165) is 38.3 Å².